The summed E-state index contributed by atoms with van der Waals surface area (Å²) in [7, 11) is 3.84. The molecule has 0 spiro atoms. The highest BCUT2D eigenvalue weighted by atomic mass is 32.2. The zero-order valence-corrected chi connectivity index (χ0v) is 12.7. The zero-order chi connectivity index (χ0) is 15.4. The summed E-state index contributed by atoms with van der Waals surface area (Å²) < 4.78 is 13.8. The van der Waals surface area contributed by atoms with E-state index in [1.807, 2.05) is 49.3 Å². The molecule has 0 saturated heterocycles. The molecule has 0 saturated carbocycles. The Morgan fingerprint density at radius 1 is 1.24 bits per heavy atom. The van der Waals surface area contributed by atoms with Crippen LogP contribution < -0.4 is 5.73 Å². The normalized spacial score (nSPS) is 10.6. The molecule has 0 unspecified atom stereocenters. The fraction of sp³-hybridized carbons (Fsp3) is 0.188. The van der Waals surface area contributed by atoms with E-state index in [0.29, 0.717) is 12.2 Å². The number of nitriles is 1. The minimum absolute atomic E-state index is 0.0505. The molecule has 0 fully saturated rings. The number of rotatable bonds is 4. The van der Waals surface area contributed by atoms with Gasteiger partial charge in [0.05, 0.1) is 5.56 Å². The Hall–Kier alpha value is -2.03. The maximum absolute atomic E-state index is 13.8. The molecule has 0 aliphatic heterocycles. The Morgan fingerprint density at radius 2 is 1.95 bits per heavy atom. The Kier molecular flexibility index (Phi) is 4.84. The number of nitrogens with zero attached hydrogens (tertiary/aromatic N) is 2. The second-order valence-corrected chi connectivity index (χ2v) is 6.01. The van der Waals surface area contributed by atoms with E-state index in [-0.39, 0.29) is 5.56 Å². The van der Waals surface area contributed by atoms with Gasteiger partial charge in [0.25, 0.3) is 0 Å². The molecule has 2 N–H and O–H groups in total. The van der Waals surface area contributed by atoms with E-state index in [2.05, 4.69) is 0 Å². The van der Waals surface area contributed by atoms with Crippen molar-refractivity contribution in [2.45, 2.75) is 16.3 Å². The van der Waals surface area contributed by atoms with Crippen molar-refractivity contribution in [2.24, 2.45) is 0 Å². The molecule has 21 heavy (non-hydrogen) atoms. The fourth-order valence-electron chi connectivity index (χ4n) is 1.93. The average Bonchev–Trinajstić information content (AvgIpc) is 2.43. The van der Waals surface area contributed by atoms with Crippen LogP contribution in [0.3, 0.4) is 0 Å². The van der Waals surface area contributed by atoms with Gasteiger partial charge in [0.1, 0.15) is 11.9 Å². The summed E-state index contributed by atoms with van der Waals surface area (Å²) in [6, 6.07) is 12.4. The summed E-state index contributed by atoms with van der Waals surface area (Å²) in [4.78, 5) is 3.70. The Bertz CT molecular complexity index is 692. The van der Waals surface area contributed by atoms with E-state index in [1.54, 1.807) is 6.07 Å². The number of nitrogen functional groups attached to an aromatic ring is 1. The lowest BCUT2D eigenvalue weighted by atomic mass is 10.1. The van der Waals surface area contributed by atoms with Gasteiger partial charge in [0, 0.05) is 22.0 Å². The topological polar surface area (TPSA) is 53.0 Å². The lowest BCUT2D eigenvalue weighted by Crippen LogP contribution is -2.12. The second kappa shape index (κ2) is 6.61. The monoisotopic (exact) mass is 301 g/mol. The van der Waals surface area contributed by atoms with Crippen molar-refractivity contribution in [3.63, 3.8) is 0 Å². The smallest absolute Gasteiger partial charge is 0.141 e. The van der Waals surface area contributed by atoms with Gasteiger partial charge in [0.2, 0.25) is 0 Å². The van der Waals surface area contributed by atoms with E-state index in [0.717, 1.165) is 15.4 Å². The minimum Gasteiger partial charge on any atom is -0.398 e. The molecule has 0 atom stereocenters. The number of hydrogen-bond acceptors (Lipinski definition) is 4. The number of benzene rings is 2. The first-order chi connectivity index (χ1) is 10.0. The molecule has 0 amide bonds. The number of nitrogens with two attached hydrogens (primary N) is 1. The molecule has 2 rings (SSSR count). The highest BCUT2D eigenvalue weighted by Gasteiger charge is 2.13. The summed E-state index contributed by atoms with van der Waals surface area (Å²) in [5.74, 6) is -0.486. The third kappa shape index (κ3) is 3.75. The predicted molar refractivity (Wildman–Crippen MR) is 83.5 cm³/mol. The van der Waals surface area contributed by atoms with Crippen molar-refractivity contribution >= 4 is 17.4 Å². The molecule has 0 aliphatic carbocycles. The van der Waals surface area contributed by atoms with Gasteiger partial charge in [-0.3, -0.25) is 0 Å². The molecule has 0 bridgehead atoms. The third-order valence-corrected chi connectivity index (χ3v) is 4.09. The van der Waals surface area contributed by atoms with E-state index < -0.39 is 5.82 Å². The van der Waals surface area contributed by atoms with Crippen LogP contribution in [0.1, 0.15) is 11.1 Å². The summed E-state index contributed by atoms with van der Waals surface area (Å²) in [6.45, 7) is 0.595. The van der Waals surface area contributed by atoms with Gasteiger partial charge in [-0.1, -0.05) is 23.9 Å². The van der Waals surface area contributed by atoms with E-state index in [4.69, 9.17) is 11.0 Å². The summed E-state index contributed by atoms with van der Waals surface area (Å²) in [6.07, 6.45) is 0. The lowest BCUT2D eigenvalue weighted by molar-refractivity contribution is 0.398. The quantitative estimate of drug-likeness (QED) is 0.878. The van der Waals surface area contributed by atoms with E-state index in [1.165, 1.54) is 17.8 Å². The zero-order valence-electron chi connectivity index (χ0n) is 11.9. The van der Waals surface area contributed by atoms with Crippen molar-refractivity contribution in [3.8, 4) is 6.07 Å². The molecule has 108 valence electrons. The van der Waals surface area contributed by atoms with Crippen molar-refractivity contribution in [1.82, 2.24) is 4.90 Å². The first-order valence-electron chi connectivity index (χ1n) is 6.41. The van der Waals surface area contributed by atoms with Crippen LogP contribution in [0.2, 0.25) is 0 Å². The van der Waals surface area contributed by atoms with Crippen molar-refractivity contribution in [3.05, 3.63) is 53.3 Å². The Balaban J connectivity index is 2.45. The van der Waals surface area contributed by atoms with Crippen LogP contribution in [0.5, 0.6) is 0 Å². The van der Waals surface area contributed by atoms with Crippen LogP contribution in [0.25, 0.3) is 0 Å². The van der Waals surface area contributed by atoms with Crippen molar-refractivity contribution in [2.75, 3.05) is 19.8 Å². The van der Waals surface area contributed by atoms with E-state index >= 15 is 0 Å². The van der Waals surface area contributed by atoms with Gasteiger partial charge in [-0.2, -0.15) is 5.26 Å². The highest BCUT2D eigenvalue weighted by Crippen LogP contribution is 2.35. The molecule has 0 radical (unpaired) electrons. The van der Waals surface area contributed by atoms with Crippen molar-refractivity contribution in [1.29, 1.82) is 5.26 Å². The van der Waals surface area contributed by atoms with Gasteiger partial charge in [-0.05, 0) is 43.9 Å². The van der Waals surface area contributed by atoms with Crippen molar-refractivity contribution < 1.29 is 4.39 Å². The van der Waals surface area contributed by atoms with E-state index in [9.17, 15) is 4.39 Å². The minimum atomic E-state index is -0.486. The van der Waals surface area contributed by atoms with Crippen LogP contribution in [-0.4, -0.2) is 19.0 Å². The van der Waals surface area contributed by atoms with Crippen LogP contribution in [0.15, 0.2) is 46.2 Å². The van der Waals surface area contributed by atoms with Gasteiger partial charge in [-0.25, -0.2) is 4.39 Å². The largest absolute Gasteiger partial charge is 0.398 e. The number of para-hydroxylation sites is 1. The predicted octanol–water partition coefficient (Wildman–Crippen LogP) is 3.49. The molecular weight excluding hydrogens is 285 g/mol. The van der Waals surface area contributed by atoms with Crippen LogP contribution in [0.4, 0.5) is 10.1 Å². The van der Waals surface area contributed by atoms with Gasteiger partial charge < -0.3 is 10.6 Å². The molecule has 0 heterocycles. The first kappa shape index (κ1) is 15.4. The maximum Gasteiger partial charge on any atom is 0.141 e. The number of halogens is 1. The van der Waals surface area contributed by atoms with Crippen LogP contribution in [0, 0.1) is 17.1 Å². The number of hydrogen-bond donors (Lipinski definition) is 1. The third-order valence-electron chi connectivity index (χ3n) is 2.90. The number of anilines is 1. The molecule has 2 aromatic rings. The van der Waals surface area contributed by atoms with Crippen LogP contribution >= 0.6 is 11.8 Å². The molecule has 0 aromatic heterocycles. The standard InChI is InChI=1S/C16H16FN3S/c1-20(2)10-12-7-13(17)11(9-18)8-16(12)21-15-6-4-3-5-14(15)19/h3-8H,10,19H2,1-2H3. The fourth-order valence-corrected chi connectivity index (χ4v) is 2.93. The summed E-state index contributed by atoms with van der Waals surface area (Å²) in [5, 5.41) is 9.00. The summed E-state index contributed by atoms with van der Waals surface area (Å²) >= 11 is 1.45. The summed E-state index contributed by atoms with van der Waals surface area (Å²) in [5.41, 5.74) is 7.51. The Morgan fingerprint density at radius 3 is 2.57 bits per heavy atom. The maximum atomic E-state index is 13.8. The lowest BCUT2D eigenvalue weighted by Gasteiger charge is -2.15. The van der Waals surface area contributed by atoms with Gasteiger partial charge >= 0.3 is 0 Å². The molecule has 0 aliphatic rings. The van der Waals surface area contributed by atoms with Crippen LogP contribution in [-0.2, 0) is 6.54 Å². The highest BCUT2D eigenvalue weighted by molar-refractivity contribution is 7.99. The SMILES string of the molecule is CN(C)Cc1cc(F)c(C#N)cc1Sc1ccccc1N. The molecular formula is C16H16FN3S. The average molecular weight is 301 g/mol. The Labute approximate surface area is 128 Å². The second-order valence-electron chi connectivity index (χ2n) is 4.93. The first-order valence-corrected chi connectivity index (χ1v) is 7.22. The molecule has 5 heteroatoms. The molecule has 3 nitrogen and oxygen atoms in total. The van der Waals surface area contributed by atoms with Gasteiger partial charge in [0.15, 0.2) is 0 Å². The molecule has 2 aromatic carbocycles. The van der Waals surface area contributed by atoms with Gasteiger partial charge in [-0.15, -0.1) is 0 Å².